The van der Waals surface area contributed by atoms with Crippen molar-refractivity contribution in [2.45, 2.75) is 34.1 Å². The molecule has 0 aliphatic heterocycles. The lowest BCUT2D eigenvalue weighted by atomic mass is 10.1. The molecule has 0 saturated carbocycles. The third-order valence-corrected chi connectivity index (χ3v) is 8.27. The van der Waals surface area contributed by atoms with E-state index in [2.05, 4.69) is 10.6 Å². The van der Waals surface area contributed by atoms with Crippen LogP contribution >= 0.6 is 0 Å². The molecule has 0 aromatic heterocycles. The second kappa shape index (κ2) is 21.8. The van der Waals surface area contributed by atoms with Crippen molar-refractivity contribution in [3.63, 3.8) is 0 Å². The highest BCUT2D eigenvalue weighted by atomic mass is 16.6. The molecular weight excluding hydrogens is 792 g/mol. The molecule has 0 aliphatic rings. The van der Waals surface area contributed by atoms with E-state index in [9.17, 15) is 38.4 Å². The maximum absolute atomic E-state index is 12.8. The number of benzene rings is 4. The molecule has 2 amide bonds. The van der Waals surface area contributed by atoms with Crippen LogP contribution in [0.3, 0.4) is 0 Å². The number of rotatable bonds is 18. The Kier molecular flexibility index (Phi) is 16.3. The molecule has 16 nitrogen and oxygen atoms in total. The van der Waals surface area contributed by atoms with Gasteiger partial charge in [0.2, 0.25) is 11.8 Å². The minimum atomic E-state index is -1.31. The fourth-order valence-electron chi connectivity index (χ4n) is 5.03. The Morgan fingerprint density at radius 3 is 1.16 bits per heavy atom. The van der Waals surface area contributed by atoms with Gasteiger partial charge < -0.3 is 39.1 Å². The van der Waals surface area contributed by atoms with Gasteiger partial charge in [0.15, 0.2) is 46.4 Å². The van der Waals surface area contributed by atoms with Gasteiger partial charge in [-0.25, -0.2) is 0 Å². The van der Waals surface area contributed by atoms with Gasteiger partial charge in [0, 0.05) is 25.2 Å². The number of esters is 4. The summed E-state index contributed by atoms with van der Waals surface area (Å²) in [4.78, 5) is 98.4. The zero-order valence-electron chi connectivity index (χ0n) is 34.0. The molecule has 0 spiro atoms. The van der Waals surface area contributed by atoms with E-state index in [-0.39, 0.29) is 46.3 Å². The Morgan fingerprint density at radius 2 is 0.836 bits per heavy atom. The summed E-state index contributed by atoms with van der Waals surface area (Å²) < 4.78 is 32.0. The number of allylic oxidation sites excluding steroid dienone is 2. The first-order valence-corrected chi connectivity index (χ1v) is 18.4. The minimum Gasteiger partial charge on any atom is -0.493 e. The molecule has 316 valence electrons. The van der Waals surface area contributed by atoms with E-state index in [0.717, 1.165) is 0 Å². The van der Waals surface area contributed by atoms with Gasteiger partial charge in [-0.05, 0) is 110 Å². The number of ether oxygens (including phenoxy) is 6. The first kappa shape index (κ1) is 45.8. The summed E-state index contributed by atoms with van der Waals surface area (Å²) in [5.74, 6) is -7.08. The topological polar surface area (TPSA) is 216 Å². The third kappa shape index (κ3) is 14.2. The number of hydrogen-bond donors (Lipinski definition) is 2. The summed E-state index contributed by atoms with van der Waals surface area (Å²) in [6.45, 7) is 5.35. The van der Waals surface area contributed by atoms with Gasteiger partial charge in [0.25, 0.3) is 0 Å². The van der Waals surface area contributed by atoms with Crippen molar-refractivity contribution in [1.29, 1.82) is 0 Å². The molecule has 0 heterocycles. The highest BCUT2D eigenvalue weighted by Crippen LogP contribution is 2.31. The van der Waals surface area contributed by atoms with Crippen LogP contribution in [0.25, 0.3) is 12.2 Å². The molecule has 2 atom stereocenters. The van der Waals surface area contributed by atoms with Crippen molar-refractivity contribution in [2.24, 2.45) is 11.8 Å². The Balaban J connectivity index is 1.27. The maximum atomic E-state index is 12.8. The average Bonchev–Trinajstić information content (AvgIpc) is 3.23. The summed E-state index contributed by atoms with van der Waals surface area (Å²) >= 11 is 0. The zero-order chi connectivity index (χ0) is 44.6. The molecule has 16 heteroatoms. The standard InChI is InChI=1S/C45H42N2O14/c1-26(42(52)58-36-17-11-32(12-18-36)46-28(3)48)44(54)60-38-21-9-30(23-40(38)56-5)7-15-34(50)25-35(51)16-8-31-10-22-39(41(24-31)57-6)61-45(55)27(2)43(53)59-37-19-13-33(14-20-37)47-29(4)49/h7-24,26-27H,25H2,1-6H3,(H,46,48)(H,47,49)/b15-7+,16-8+. The molecule has 4 aromatic carbocycles. The van der Waals surface area contributed by atoms with Crippen LogP contribution in [0.15, 0.2) is 97.1 Å². The van der Waals surface area contributed by atoms with Crippen LogP contribution < -0.4 is 39.1 Å². The van der Waals surface area contributed by atoms with E-state index >= 15 is 0 Å². The summed E-state index contributed by atoms with van der Waals surface area (Å²) in [6, 6.07) is 20.9. The molecule has 4 rings (SSSR count). The molecule has 0 fully saturated rings. The molecule has 2 unspecified atom stereocenters. The molecule has 61 heavy (non-hydrogen) atoms. The van der Waals surface area contributed by atoms with Gasteiger partial charge in [-0.15, -0.1) is 0 Å². The third-order valence-electron chi connectivity index (χ3n) is 8.27. The van der Waals surface area contributed by atoms with Crippen molar-refractivity contribution in [3.8, 4) is 34.5 Å². The summed E-state index contributed by atoms with van der Waals surface area (Å²) in [6.07, 6.45) is 4.86. The van der Waals surface area contributed by atoms with Gasteiger partial charge >= 0.3 is 23.9 Å². The number of anilines is 2. The predicted molar refractivity (Wildman–Crippen MR) is 221 cm³/mol. The molecule has 2 N–H and O–H groups in total. The number of methoxy groups -OCH3 is 2. The van der Waals surface area contributed by atoms with Crippen molar-refractivity contribution >= 4 is 70.8 Å². The Bertz CT molecular complexity index is 2200. The zero-order valence-corrected chi connectivity index (χ0v) is 34.0. The monoisotopic (exact) mass is 834 g/mol. The van der Waals surface area contributed by atoms with Crippen LogP contribution in [0.4, 0.5) is 11.4 Å². The highest BCUT2D eigenvalue weighted by molar-refractivity contribution is 6.11. The number of hydrogen-bond acceptors (Lipinski definition) is 14. The number of carbonyl (C=O) groups excluding carboxylic acids is 8. The van der Waals surface area contributed by atoms with E-state index in [4.69, 9.17) is 28.4 Å². The van der Waals surface area contributed by atoms with Crippen LogP contribution in [0.5, 0.6) is 34.5 Å². The smallest absolute Gasteiger partial charge is 0.325 e. The lowest BCUT2D eigenvalue weighted by molar-refractivity contribution is -0.152. The molecule has 0 aliphatic carbocycles. The molecule has 0 bridgehead atoms. The fourth-order valence-corrected chi connectivity index (χ4v) is 5.03. The van der Waals surface area contributed by atoms with Gasteiger partial charge in [0.1, 0.15) is 11.5 Å². The highest BCUT2D eigenvalue weighted by Gasteiger charge is 2.28. The average molecular weight is 835 g/mol. The predicted octanol–water partition coefficient (Wildman–Crippen LogP) is 6.17. The van der Waals surface area contributed by atoms with Gasteiger partial charge in [-0.3, -0.25) is 38.4 Å². The number of nitrogens with one attached hydrogen (secondary N) is 2. The Morgan fingerprint density at radius 1 is 0.492 bits per heavy atom. The molecule has 0 saturated heterocycles. The fraction of sp³-hybridized carbons (Fsp3) is 0.200. The molecular formula is C45H42N2O14. The summed E-state index contributed by atoms with van der Waals surface area (Å²) in [5, 5.41) is 5.18. The quantitative estimate of drug-likeness (QED) is 0.0496. The van der Waals surface area contributed by atoms with E-state index in [0.29, 0.717) is 22.5 Å². The van der Waals surface area contributed by atoms with Crippen LogP contribution in [0.1, 0.15) is 45.2 Å². The Hall–Kier alpha value is -7.88. The lowest BCUT2D eigenvalue weighted by Gasteiger charge is -2.13. The first-order valence-electron chi connectivity index (χ1n) is 18.4. The SMILES string of the molecule is COc1cc(/C=C/C(=O)CC(=O)/C=C/c2ccc(OC(=O)C(C)C(=O)Oc3ccc(NC(C)=O)cc3)c(OC)c2)ccc1OC(=O)C(C)C(=O)Oc1ccc(NC(C)=O)cc1. The second-order valence-corrected chi connectivity index (χ2v) is 13.1. The van der Waals surface area contributed by atoms with E-state index in [1.165, 1.54) is 151 Å². The number of carbonyl (C=O) groups is 8. The van der Waals surface area contributed by atoms with Gasteiger partial charge in [-0.2, -0.15) is 0 Å². The van der Waals surface area contributed by atoms with Gasteiger partial charge in [0.05, 0.1) is 20.6 Å². The lowest BCUT2D eigenvalue weighted by Crippen LogP contribution is -2.29. The molecule has 0 radical (unpaired) electrons. The number of ketones is 2. The first-order chi connectivity index (χ1) is 29.0. The Labute approximate surface area is 350 Å². The van der Waals surface area contributed by atoms with E-state index < -0.39 is 53.7 Å². The normalized spacial score (nSPS) is 11.8. The molecule has 4 aromatic rings. The van der Waals surface area contributed by atoms with Crippen LogP contribution in [-0.2, 0) is 38.4 Å². The van der Waals surface area contributed by atoms with Crippen LogP contribution in [0, 0.1) is 11.8 Å². The van der Waals surface area contributed by atoms with Crippen molar-refractivity contribution in [1.82, 2.24) is 0 Å². The second-order valence-electron chi connectivity index (χ2n) is 13.1. The van der Waals surface area contributed by atoms with E-state index in [1.54, 1.807) is 0 Å². The number of amides is 2. The van der Waals surface area contributed by atoms with Crippen molar-refractivity contribution < 1.29 is 66.8 Å². The van der Waals surface area contributed by atoms with Crippen LogP contribution in [-0.4, -0.2) is 61.5 Å². The largest absolute Gasteiger partial charge is 0.493 e. The summed E-state index contributed by atoms with van der Waals surface area (Å²) in [7, 11) is 2.68. The maximum Gasteiger partial charge on any atom is 0.325 e. The van der Waals surface area contributed by atoms with Crippen molar-refractivity contribution in [3.05, 3.63) is 108 Å². The van der Waals surface area contributed by atoms with E-state index in [1.807, 2.05) is 0 Å². The minimum absolute atomic E-state index is 0.0114. The summed E-state index contributed by atoms with van der Waals surface area (Å²) in [5.41, 5.74) is 1.97. The van der Waals surface area contributed by atoms with Crippen molar-refractivity contribution in [2.75, 3.05) is 24.9 Å². The van der Waals surface area contributed by atoms with Gasteiger partial charge in [-0.1, -0.05) is 24.3 Å². The van der Waals surface area contributed by atoms with Crippen LogP contribution in [0.2, 0.25) is 0 Å².